The maximum absolute atomic E-state index is 5.35. The summed E-state index contributed by atoms with van der Waals surface area (Å²) in [6, 6.07) is 17.0. The van der Waals surface area contributed by atoms with Gasteiger partial charge >= 0.3 is 0 Å². The first kappa shape index (κ1) is 17.8. The van der Waals surface area contributed by atoms with Crippen LogP contribution in [0.1, 0.15) is 23.1 Å². The van der Waals surface area contributed by atoms with Crippen LogP contribution < -0.4 is 10.6 Å². The molecule has 0 heterocycles. The van der Waals surface area contributed by atoms with Gasteiger partial charge in [0, 0.05) is 18.0 Å². The number of anilines is 1. The number of hydrogen-bond acceptors (Lipinski definition) is 2. The molecule has 0 unspecified atom stereocenters. The summed E-state index contributed by atoms with van der Waals surface area (Å²) in [5.74, 6) is 2.21. The van der Waals surface area contributed by atoms with Crippen molar-refractivity contribution in [3.8, 4) is 0 Å². The summed E-state index contributed by atoms with van der Waals surface area (Å²) in [5, 5.41) is 7.23. The highest BCUT2D eigenvalue weighted by Gasteiger charge is 1.99. The molecule has 2 aromatic rings. The van der Waals surface area contributed by atoms with Gasteiger partial charge in [0.05, 0.1) is 0 Å². The first-order chi connectivity index (χ1) is 11.1. The zero-order valence-corrected chi connectivity index (χ0v) is 15.4. The summed E-state index contributed by atoms with van der Waals surface area (Å²) in [6.07, 6.45) is 1.10. The SMILES string of the molecule is Cc1cc(C)cc(NC(=S)NCCCSCc2ccccc2)c1. The Kier molecular flexibility index (Phi) is 7.43. The fourth-order valence-corrected chi connectivity index (χ4v) is 3.50. The zero-order chi connectivity index (χ0) is 16.5. The van der Waals surface area contributed by atoms with E-state index in [9.17, 15) is 0 Å². The third-order valence-electron chi connectivity index (χ3n) is 3.34. The Morgan fingerprint density at radius 1 is 1.04 bits per heavy atom. The van der Waals surface area contributed by atoms with E-state index in [2.05, 4.69) is 73.0 Å². The molecule has 4 heteroatoms. The molecule has 2 nitrogen and oxygen atoms in total. The van der Waals surface area contributed by atoms with Crippen molar-refractivity contribution in [2.45, 2.75) is 26.0 Å². The monoisotopic (exact) mass is 344 g/mol. The molecule has 0 saturated carbocycles. The van der Waals surface area contributed by atoms with Crippen LogP contribution in [0, 0.1) is 13.8 Å². The van der Waals surface area contributed by atoms with Crippen LogP contribution >= 0.6 is 24.0 Å². The van der Waals surface area contributed by atoms with Crippen LogP contribution in [0.25, 0.3) is 0 Å². The Bertz CT molecular complexity index is 606. The molecule has 0 aliphatic rings. The van der Waals surface area contributed by atoms with Crippen LogP contribution in [0.2, 0.25) is 0 Å². The molecule has 122 valence electrons. The van der Waals surface area contributed by atoms with Gasteiger partial charge in [0.25, 0.3) is 0 Å². The lowest BCUT2D eigenvalue weighted by molar-refractivity contribution is 0.854. The smallest absolute Gasteiger partial charge is 0.170 e. The van der Waals surface area contributed by atoms with E-state index in [4.69, 9.17) is 12.2 Å². The van der Waals surface area contributed by atoms with Crippen molar-refractivity contribution in [2.24, 2.45) is 0 Å². The predicted octanol–water partition coefficient (Wildman–Crippen LogP) is 4.91. The molecule has 0 aliphatic heterocycles. The second-order valence-corrected chi connectivity index (χ2v) is 7.16. The third kappa shape index (κ3) is 7.06. The highest BCUT2D eigenvalue weighted by molar-refractivity contribution is 7.98. The minimum atomic E-state index is 0.697. The van der Waals surface area contributed by atoms with Gasteiger partial charge in [-0.05, 0) is 67.1 Å². The minimum Gasteiger partial charge on any atom is -0.362 e. The Morgan fingerprint density at radius 3 is 2.43 bits per heavy atom. The van der Waals surface area contributed by atoms with Crippen LogP contribution in [-0.4, -0.2) is 17.4 Å². The number of nitrogens with one attached hydrogen (secondary N) is 2. The van der Waals surface area contributed by atoms with Gasteiger partial charge in [0.2, 0.25) is 0 Å². The first-order valence-corrected chi connectivity index (χ1v) is 9.44. The first-order valence-electron chi connectivity index (χ1n) is 7.88. The standard InChI is InChI=1S/C19H24N2S2/c1-15-11-16(2)13-18(12-15)21-19(22)20-9-6-10-23-14-17-7-4-3-5-8-17/h3-5,7-8,11-13H,6,9-10,14H2,1-2H3,(H2,20,21,22). The Balaban J connectivity index is 1.59. The maximum Gasteiger partial charge on any atom is 0.170 e. The second-order valence-electron chi connectivity index (χ2n) is 5.65. The molecule has 0 radical (unpaired) electrons. The van der Waals surface area contributed by atoms with Crippen LogP contribution in [-0.2, 0) is 5.75 Å². The van der Waals surface area contributed by atoms with Gasteiger partial charge < -0.3 is 10.6 Å². The molecule has 0 aliphatic carbocycles. The number of benzene rings is 2. The van der Waals surface area contributed by atoms with E-state index in [1.807, 2.05) is 11.8 Å². The van der Waals surface area contributed by atoms with E-state index in [1.54, 1.807) is 0 Å². The fraction of sp³-hybridized carbons (Fsp3) is 0.316. The van der Waals surface area contributed by atoms with Gasteiger partial charge in [-0.15, -0.1) is 0 Å². The van der Waals surface area contributed by atoms with Crippen molar-refractivity contribution in [3.63, 3.8) is 0 Å². The van der Waals surface area contributed by atoms with Gasteiger partial charge in [0.1, 0.15) is 0 Å². The Labute approximate surface area is 149 Å². The zero-order valence-electron chi connectivity index (χ0n) is 13.8. The predicted molar refractivity (Wildman–Crippen MR) is 107 cm³/mol. The Hall–Kier alpha value is -1.52. The van der Waals surface area contributed by atoms with Crippen molar-refractivity contribution in [2.75, 3.05) is 17.6 Å². The summed E-state index contributed by atoms with van der Waals surface area (Å²) < 4.78 is 0. The van der Waals surface area contributed by atoms with Crippen LogP contribution in [0.5, 0.6) is 0 Å². The normalized spacial score (nSPS) is 10.3. The maximum atomic E-state index is 5.35. The lowest BCUT2D eigenvalue weighted by Crippen LogP contribution is -2.29. The molecule has 2 aromatic carbocycles. The quantitative estimate of drug-likeness (QED) is 0.550. The van der Waals surface area contributed by atoms with E-state index in [-0.39, 0.29) is 0 Å². The topological polar surface area (TPSA) is 24.1 Å². The summed E-state index contributed by atoms with van der Waals surface area (Å²) in [4.78, 5) is 0. The Morgan fingerprint density at radius 2 is 1.74 bits per heavy atom. The van der Waals surface area contributed by atoms with Crippen LogP contribution in [0.15, 0.2) is 48.5 Å². The van der Waals surface area contributed by atoms with Crippen molar-refractivity contribution >= 4 is 34.8 Å². The molecule has 23 heavy (non-hydrogen) atoms. The molecule has 0 aromatic heterocycles. The second kappa shape index (κ2) is 9.58. The molecule has 2 N–H and O–H groups in total. The summed E-state index contributed by atoms with van der Waals surface area (Å²) in [5.41, 5.74) is 4.93. The molecule has 0 saturated heterocycles. The average Bonchev–Trinajstić information content (AvgIpc) is 2.50. The largest absolute Gasteiger partial charge is 0.362 e. The summed E-state index contributed by atoms with van der Waals surface area (Å²) >= 11 is 7.31. The molecule has 2 rings (SSSR count). The minimum absolute atomic E-state index is 0.697. The molecule has 0 amide bonds. The van der Waals surface area contributed by atoms with Crippen LogP contribution in [0.4, 0.5) is 5.69 Å². The number of thioether (sulfide) groups is 1. The third-order valence-corrected chi connectivity index (χ3v) is 4.70. The van der Waals surface area contributed by atoms with E-state index < -0.39 is 0 Å². The number of aryl methyl sites for hydroxylation is 2. The van der Waals surface area contributed by atoms with Crippen LogP contribution in [0.3, 0.4) is 0 Å². The molecule has 0 atom stereocenters. The van der Waals surface area contributed by atoms with Crippen molar-refractivity contribution in [1.29, 1.82) is 0 Å². The average molecular weight is 345 g/mol. The molecule has 0 bridgehead atoms. The van der Waals surface area contributed by atoms with Crippen molar-refractivity contribution in [1.82, 2.24) is 5.32 Å². The van der Waals surface area contributed by atoms with E-state index >= 15 is 0 Å². The van der Waals surface area contributed by atoms with Crippen molar-refractivity contribution < 1.29 is 0 Å². The number of rotatable bonds is 7. The highest BCUT2D eigenvalue weighted by atomic mass is 32.2. The number of hydrogen-bond donors (Lipinski definition) is 2. The fourth-order valence-electron chi connectivity index (χ4n) is 2.36. The lowest BCUT2D eigenvalue weighted by atomic mass is 10.1. The van der Waals surface area contributed by atoms with E-state index in [0.29, 0.717) is 5.11 Å². The van der Waals surface area contributed by atoms with Gasteiger partial charge in [-0.3, -0.25) is 0 Å². The van der Waals surface area contributed by atoms with E-state index in [0.717, 1.165) is 30.2 Å². The molecule has 0 spiro atoms. The lowest BCUT2D eigenvalue weighted by Gasteiger charge is -2.11. The van der Waals surface area contributed by atoms with E-state index in [1.165, 1.54) is 16.7 Å². The highest BCUT2D eigenvalue weighted by Crippen LogP contribution is 2.14. The van der Waals surface area contributed by atoms with Gasteiger partial charge in [-0.25, -0.2) is 0 Å². The molecular weight excluding hydrogens is 320 g/mol. The van der Waals surface area contributed by atoms with Gasteiger partial charge in [0.15, 0.2) is 5.11 Å². The summed E-state index contributed by atoms with van der Waals surface area (Å²) in [6.45, 7) is 5.09. The molecular formula is C19H24N2S2. The summed E-state index contributed by atoms with van der Waals surface area (Å²) in [7, 11) is 0. The van der Waals surface area contributed by atoms with Crippen molar-refractivity contribution in [3.05, 3.63) is 65.2 Å². The van der Waals surface area contributed by atoms with Gasteiger partial charge in [-0.2, -0.15) is 11.8 Å². The molecule has 0 fully saturated rings. The van der Waals surface area contributed by atoms with Gasteiger partial charge in [-0.1, -0.05) is 36.4 Å². The number of thiocarbonyl (C=S) groups is 1.